The van der Waals surface area contributed by atoms with Crippen LogP contribution in [-0.4, -0.2) is 77.5 Å². The molecule has 2 aliphatic rings. The van der Waals surface area contributed by atoms with E-state index in [2.05, 4.69) is 0 Å². The van der Waals surface area contributed by atoms with Gasteiger partial charge in [0, 0.05) is 62.2 Å². The smallest absolute Gasteiger partial charge is 0.410 e. The minimum atomic E-state index is -0.533. The van der Waals surface area contributed by atoms with Gasteiger partial charge >= 0.3 is 6.09 Å². The number of ether oxygens (including phenoxy) is 1. The molecular weight excluding hydrogens is 585 g/mol. The monoisotopic (exact) mass is 621 g/mol. The van der Waals surface area contributed by atoms with Crippen molar-refractivity contribution < 1.29 is 19.1 Å². The first-order valence-electron chi connectivity index (χ1n) is 14.1. The molecule has 2 fully saturated rings. The van der Waals surface area contributed by atoms with Gasteiger partial charge < -0.3 is 19.4 Å². The number of benzene rings is 2. The van der Waals surface area contributed by atoms with Crippen LogP contribution in [0.4, 0.5) is 4.79 Å². The van der Waals surface area contributed by atoms with Crippen LogP contribution in [0.1, 0.15) is 68.3 Å². The molecule has 0 spiro atoms. The van der Waals surface area contributed by atoms with E-state index in [1.807, 2.05) is 44.9 Å². The predicted octanol–water partition coefficient (Wildman–Crippen LogP) is 7.14. The molecule has 7 nitrogen and oxygen atoms in total. The predicted molar refractivity (Wildman–Crippen MR) is 163 cm³/mol. The second kappa shape index (κ2) is 13.2. The van der Waals surface area contributed by atoms with Crippen molar-refractivity contribution in [3.63, 3.8) is 0 Å². The van der Waals surface area contributed by atoms with Crippen molar-refractivity contribution >= 4 is 52.7 Å². The Kier molecular flexibility index (Phi) is 10.1. The molecule has 41 heavy (non-hydrogen) atoms. The third-order valence-corrected chi connectivity index (χ3v) is 8.93. The fraction of sp³-hybridized carbons (Fsp3) is 0.516. The highest BCUT2D eigenvalue weighted by Gasteiger charge is 2.38. The number of hydrogen-bond donors (Lipinski definition) is 0. The molecule has 10 heteroatoms. The number of carbonyl (C=O) groups excluding carboxylic acids is 3. The Balaban J connectivity index is 1.44. The SMILES string of the molecule is CN(C(=O)c1ccc(Cl)cc1)C1CCN(C(=O)CC2CCN(C(=O)OC(C)(C)C)CC2)CC1c1ccc(Cl)c(Cl)c1. The minimum absolute atomic E-state index is 0.0934. The van der Waals surface area contributed by atoms with Gasteiger partial charge in [-0.15, -0.1) is 0 Å². The van der Waals surface area contributed by atoms with Crippen LogP contribution >= 0.6 is 34.8 Å². The van der Waals surface area contributed by atoms with Gasteiger partial charge in [-0.05, 0) is 87.9 Å². The average molecular weight is 623 g/mol. The minimum Gasteiger partial charge on any atom is -0.444 e. The number of carbonyl (C=O) groups is 3. The summed E-state index contributed by atoms with van der Waals surface area (Å²) in [6.45, 7) is 7.76. The van der Waals surface area contributed by atoms with E-state index in [1.54, 1.807) is 40.1 Å². The van der Waals surface area contributed by atoms with Gasteiger partial charge in [0.2, 0.25) is 5.91 Å². The Morgan fingerprint density at radius 3 is 2.15 bits per heavy atom. The number of nitrogens with zero attached hydrogens (tertiary/aromatic N) is 3. The molecule has 222 valence electrons. The van der Waals surface area contributed by atoms with E-state index >= 15 is 0 Å². The van der Waals surface area contributed by atoms with Crippen molar-refractivity contribution in [1.82, 2.24) is 14.7 Å². The molecule has 0 saturated carbocycles. The highest BCUT2D eigenvalue weighted by atomic mass is 35.5. The lowest BCUT2D eigenvalue weighted by Gasteiger charge is -2.43. The summed E-state index contributed by atoms with van der Waals surface area (Å²) in [5.41, 5.74) is 0.957. The van der Waals surface area contributed by atoms with Gasteiger partial charge in [-0.1, -0.05) is 40.9 Å². The van der Waals surface area contributed by atoms with E-state index in [0.717, 1.165) is 18.4 Å². The summed E-state index contributed by atoms with van der Waals surface area (Å²) in [6.07, 6.45) is 2.28. The van der Waals surface area contributed by atoms with Crippen molar-refractivity contribution in [1.29, 1.82) is 0 Å². The van der Waals surface area contributed by atoms with Crippen LogP contribution in [0.15, 0.2) is 42.5 Å². The van der Waals surface area contributed by atoms with Crippen LogP contribution in [0.25, 0.3) is 0 Å². The van der Waals surface area contributed by atoms with Crippen molar-refractivity contribution in [3.8, 4) is 0 Å². The first kappa shape index (κ1) is 31.5. The molecular formula is C31H38Cl3N3O4. The van der Waals surface area contributed by atoms with Gasteiger partial charge in [0.15, 0.2) is 0 Å². The quantitative estimate of drug-likeness (QED) is 0.355. The number of amides is 3. The largest absolute Gasteiger partial charge is 0.444 e. The molecule has 2 unspecified atom stereocenters. The number of likely N-dealkylation sites (N-methyl/N-ethyl adjacent to an activating group) is 1. The highest BCUT2D eigenvalue weighted by molar-refractivity contribution is 6.42. The van der Waals surface area contributed by atoms with Crippen LogP contribution in [0.3, 0.4) is 0 Å². The summed E-state index contributed by atoms with van der Waals surface area (Å²) in [6, 6.07) is 12.2. The highest BCUT2D eigenvalue weighted by Crippen LogP contribution is 2.35. The lowest BCUT2D eigenvalue weighted by molar-refractivity contribution is -0.134. The molecule has 0 aromatic heterocycles. The number of halogens is 3. The molecule has 0 N–H and O–H groups in total. The van der Waals surface area contributed by atoms with Gasteiger partial charge in [0.1, 0.15) is 5.60 Å². The molecule has 2 aromatic carbocycles. The third kappa shape index (κ3) is 8.08. The molecule has 3 amide bonds. The van der Waals surface area contributed by atoms with Crippen LogP contribution in [0, 0.1) is 5.92 Å². The van der Waals surface area contributed by atoms with Gasteiger partial charge in [0.05, 0.1) is 10.0 Å². The standard InChI is InChI=1S/C31H38Cl3N3O4/c1-31(2,3)41-30(40)36-14-11-20(12-15-36)17-28(38)37-16-13-27(24(19-37)22-7-10-25(33)26(34)18-22)35(4)29(39)21-5-8-23(32)9-6-21/h5-10,18,20,24,27H,11-17,19H2,1-4H3. The second-order valence-electron chi connectivity index (χ2n) is 12.0. The van der Waals surface area contributed by atoms with Crippen molar-refractivity contribution in [2.45, 2.75) is 64.0 Å². The number of rotatable bonds is 5. The summed E-state index contributed by atoms with van der Waals surface area (Å²) in [5.74, 6) is 0.0541. The molecule has 2 saturated heterocycles. The van der Waals surface area contributed by atoms with Gasteiger partial charge in [-0.3, -0.25) is 9.59 Å². The summed E-state index contributed by atoms with van der Waals surface area (Å²) >= 11 is 18.6. The van der Waals surface area contributed by atoms with Crippen molar-refractivity contribution in [2.24, 2.45) is 5.92 Å². The van der Waals surface area contributed by atoms with E-state index < -0.39 is 5.60 Å². The van der Waals surface area contributed by atoms with Gasteiger partial charge in [-0.25, -0.2) is 4.79 Å². The Labute approximate surface area is 257 Å². The van der Waals surface area contributed by atoms with E-state index in [0.29, 0.717) is 59.7 Å². The molecule has 4 rings (SSSR count). The molecule has 0 bridgehead atoms. The number of piperidine rings is 2. The Morgan fingerprint density at radius 1 is 0.902 bits per heavy atom. The maximum Gasteiger partial charge on any atom is 0.410 e. The maximum atomic E-state index is 13.5. The first-order chi connectivity index (χ1) is 19.3. The number of likely N-dealkylation sites (tertiary alicyclic amines) is 2. The number of hydrogen-bond acceptors (Lipinski definition) is 4. The molecule has 2 atom stereocenters. The first-order valence-corrected chi connectivity index (χ1v) is 15.2. The second-order valence-corrected chi connectivity index (χ2v) is 13.3. The maximum absolute atomic E-state index is 13.5. The molecule has 0 aliphatic carbocycles. The topological polar surface area (TPSA) is 70.2 Å². The van der Waals surface area contributed by atoms with E-state index in [1.165, 1.54) is 0 Å². The summed E-state index contributed by atoms with van der Waals surface area (Å²) in [5, 5.41) is 1.47. The van der Waals surface area contributed by atoms with Crippen LogP contribution in [0.2, 0.25) is 15.1 Å². The Hall–Kier alpha value is -2.48. The van der Waals surface area contributed by atoms with Crippen molar-refractivity contribution in [2.75, 3.05) is 33.2 Å². The fourth-order valence-electron chi connectivity index (χ4n) is 5.67. The lowest BCUT2D eigenvalue weighted by atomic mass is 9.84. The van der Waals surface area contributed by atoms with E-state index in [9.17, 15) is 14.4 Å². The summed E-state index contributed by atoms with van der Waals surface area (Å²) in [7, 11) is 1.81. The van der Waals surface area contributed by atoms with Crippen LogP contribution in [0.5, 0.6) is 0 Å². The van der Waals surface area contributed by atoms with E-state index in [4.69, 9.17) is 39.5 Å². The van der Waals surface area contributed by atoms with Gasteiger partial charge in [-0.2, -0.15) is 0 Å². The third-order valence-electron chi connectivity index (χ3n) is 7.94. The molecule has 2 aromatic rings. The summed E-state index contributed by atoms with van der Waals surface area (Å²) < 4.78 is 5.50. The Morgan fingerprint density at radius 2 is 1.54 bits per heavy atom. The molecule has 0 radical (unpaired) electrons. The lowest BCUT2D eigenvalue weighted by Crippen LogP contribution is -2.52. The Bertz CT molecular complexity index is 1260. The van der Waals surface area contributed by atoms with Crippen molar-refractivity contribution in [3.05, 3.63) is 68.7 Å². The van der Waals surface area contributed by atoms with E-state index in [-0.39, 0.29) is 35.8 Å². The molecule has 2 aliphatic heterocycles. The zero-order valence-electron chi connectivity index (χ0n) is 24.0. The average Bonchev–Trinajstić information content (AvgIpc) is 2.93. The zero-order valence-corrected chi connectivity index (χ0v) is 26.3. The summed E-state index contributed by atoms with van der Waals surface area (Å²) in [4.78, 5) is 44.7. The van der Waals surface area contributed by atoms with Crippen LogP contribution < -0.4 is 0 Å². The van der Waals surface area contributed by atoms with Crippen LogP contribution in [-0.2, 0) is 9.53 Å². The molecule has 2 heterocycles. The normalized spacial score (nSPS) is 20.1. The zero-order chi connectivity index (χ0) is 29.9. The fourth-order valence-corrected chi connectivity index (χ4v) is 6.10. The van der Waals surface area contributed by atoms with Gasteiger partial charge in [0.25, 0.3) is 5.91 Å².